The zero-order valence-corrected chi connectivity index (χ0v) is 13.5. The molecular formula is C16H25NO2S. The number of nitrogens with one attached hydrogen (secondary N) is 1. The molecule has 0 saturated heterocycles. The summed E-state index contributed by atoms with van der Waals surface area (Å²) in [6, 6.07) is 6.60. The lowest BCUT2D eigenvalue weighted by molar-refractivity contribution is 0.395. The summed E-state index contributed by atoms with van der Waals surface area (Å²) < 4.78 is 10.7. The second kappa shape index (κ2) is 7.79. The second-order valence-corrected chi connectivity index (χ2v) is 6.72. The Morgan fingerprint density at radius 2 is 2.10 bits per heavy atom. The predicted octanol–water partition coefficient (Wildman–Crippen LogP) is 3.47. The Labute approximate surface area is 126 Å². The van der Waals surface area contributed by atoms with E-state index in [-0.39, 0.29) is 0 Å². The largest absolute Gasteiger partial charge is 0.497 e. The van der Waals surface area contributed by atoms with E-state index in [1.807, 2.05) is 12.1 Å². The number of thioether (sulfide) groups is 1. The van der Waals surface area contributed by atoms with Crippen molar-refractivity contribution in [2.45, 2.75) is 44.0 Å². The van der Waals surface area contributed by atoms with Crippen LogP contribution < -0.4 is 14.8 Å². The van der Waals surface area contributed by atoms with Crippen LogP contribution in [0.1, 0.15) is 31.7 Å². The van der Waals surface area contributed by atoms with E-state index >= 15 is 0 Å². The Bertz CT molecular complexity index is 425. The molecule has 1 fully saturated rings. The maximum absolute atomic E-state index is 5.42. The van der Waals surface area contributed by atoms with Gasteiger partial charge < -0.3 is 14.8 Å². The highest BCUT2D eigenvalue weighted by Crippen LogP contribution is 2.30. The Balaban J connectivity index is 1.90. The van der Waals surface area contributed by atoms with Gasteiger partial charge in [0.15, 0.2) is 0 Å². The molecule has 2 atom stereocenters. The fourth-order valence-electron chi connectivity index (χ4n) is 2.79. The number of benzene rings is 1. The van der Waals surface area contributed by atoms with E-state index < -0.39 is 0 Å². The van der Waals surface area contributed by atoms with Gasteiger partial charge in [0.1, 0.15) is 11.5 Å². The van der Waals surface area contributed by atoms with Gasteiger partial charge in [-0.1, -0.05) is 6.92 Å². The summed E-state index contributed by atoms with van der Waals surface area (Å²) in [5, 5.41) is 4.50. The molecule has 1 saturated carbocycles. The molecule has 1 aliphatic carbocycles. The van der Waals surface area contributed by atoms with Crippen LogP contribution in [0, 0.1) is 0 Å². The Morgan fingerprint density at radius 1 is 1.25 bits per heavy atom. The summed E-state index contributed by atoms with van der Waals surface area (Å²) in [4.78, 5) is 0. The Hall–Kier alpha value is -0.870. The average Bonchev–Trinajstić information content (AvgIpc) is 2.93. The minimum atomic E-state index is 0.634. The van der Waals surface area contributed by atoms with Crippen LogP contribution in [0.3, 0.4) is 0 Å². The van der Waals surface area contributed by atoms with Crippen molar-refractivity contribution in [2.24, 2.45) is 0 Å². The molecule has 0 spiro atoms. The van der Waals surface area contributed by atoms with Gasteiger partial charge in [0.25, 0.3) is 0 Å². The Kier molecular flexibility index (Phi) is 6.05. The van der Waals surface area contributed by atoms with E-state index in [0.29, 0.717) is 6.04 Å². The zero-order valence-electron chi connectivity index (χ0n) is 12.6. The third-order valence-corrected chi connectivity index (χ3v) is 5.09. The fourth-order valence-corrected chi connectivity index (χ4v) is 3.93. The minimum Gasteiger partial charge on any atom is -0.497 e. The maximum Gasteiger partial charge on any atom is 0.123 e. The smallest absolute Gasteiger partial charge is 0.123 e. The molecule has 1 aliphatic rings. The normalized spacial score (nSPS) is 21.9. The highest BCUT2D eigenvalue weighted by Gasteiger charge is 2.24. The molecule has 0 heterocycles. The van der Waals surface area contributed by atoms with E-state index in [1.54, 1.807) is 14.2 Å². The first kappa shape index (κ1) is 15.5. The van der Waals surface area contributed by atoms with Gasteiger partial charge in [-0.25, -0.2) is 0 Å². The maximum atomic E-state index is 5.42. The van der Waals surface area contributed by atoms with Gasteiger partial charge in [-0.2, -0.15) is 11.8 Å². The first-order valence-electron chi connectivity index (χ1n) is 7.32. The number of hydrogen-bond acceptors (Lipinski definition) is 4. The lowest BCUT2D eigenvalue weighted by Crippen LogP contribution is -2.26. The van der Waals surface area contributed by atoms with Crippen LogP contribution in [0.4, 0.5) is 0 Å². The molecule has 1 N–H and O–H groups in total. The van der Waals surface area contributed by atoms with E-state index in [2.05, 4.69) is 30.1 Å². The number of rotatable bonds is 7. The molecule has 3 nitrogen and oxygen atoms in total. The van der Waals surface area contributed by atoms with Gasteiger partial charge in [0.2, 0.25) is 0 Å². The molecule has 20 heavy (non-hydrogen) atoms. The highest BCUT2D eigenvalue weighted by molar-refractivity contribution is 7.99. The fraction of sp³-hybridized carbons (Fsp3) is 0.625. The van der Waals surface area contributed by atoms with Crippen LogP contribution in [0.15, 0.2) is 18.2 Å². The van der Waals surface area contributed by atoms with E-state index in [0.717, 1.165) is 23.3 Å². The first-order chi connectivity index (χ1) is 9.76. The van der Waals surface area contributed by atoms with Crippen LogP contribution in [0.2, 0.25) is 0 Å². The molecule has 2 rings (SSSR count). The molecule has 112 valence electrons. The molecule has 0 bridgehead atoms. The third-order valence-electron chi connectivity index (χ3n) is 3.86. The van der Waals surface area contributed by atoms with Gasteiger partial charge in [-0.3, -0.25) is 0 Å². The van der Waals surface area contributed by atoms with E-state index in [1.165, 1.54) is 30.6 Å². The molecule has 0 amide bonds. The highest BCUT2D eigenvalue weighted by atomic mass is 32.2. The molecule has 0 aliphatic heterocycles. The zero-order chi connectivity index (χ0) is 14.4. The van der Waals surface area contributed by atoms with Crippen molar-refractivity contribution in [3.63, 3.8) is 0 Å². The van der Waals surface area contributed by atoms with E-state index in [9.17, 15) is 0 Å². The number of ether oxygens (including phenoxy) is 2. The van der Waals surface area contributed by atoms with Crippen molar-refractivity contribution < 1.29 is 9.47 Å². The number of hydrogen-bond donors (Lipinski definition) is 1. The second-order valence-electron chi connectivity index (χ2n) is 5.15. The molecule has 2 unspecified atom stereocenters. The van der Waals surface area contributed by atoms with Gasteiger partial charge in [-0.05, 0) is 43.2 Å². The van der Waals surface area contributed by atoms with Gasteiger partial charge in [-0.15, -0.1) is 0 Å². The lowest BCUT2D eigenvalue weighted by atomic mass is 10.1. The number of methoxy groups -OCH3 is 2. The Morgan fingerprint density at radius 3 is 2.80 bits per heavy atom. The minimum absolute atomic E-state index is 0.634. The first-order valence-corrected chi connectivity index (χ1v) is 8.37. The van der Waals surface area contributed by atoms with E-state index in [4.69, 9.17) is 9.47 Å². The topological polar surface area (TPSA) is 30.5 Å². The molecule has 1 aromatic carbocycles. The van der Waals surface area contributed by atoms with Crippen molar-refractivity contribution in [3.8, 4) is 11.5 Å². The summed E-state index contributed by atoms with van der Waals surface area (Å²) in [6.07, 6.45) is 3.90. The van der Waals surface area contributed by atoms with Crippen LogP contribution in [0.25, 0.3) is 0 Å². The van der Waals surface area contributed by atoms with Crippen molar-refractivity contribution in [3.05, 3.63) is 23.8 Å². The monoisotopic (exact) mass is 295 g/mol. The summed E-state index contributed by atoms with van der Waals surface area (Å²) in [5.41, 5.74) is 1.17. The van der Waals surface area contributed by atoms with Gasteiger partial charge in [0, 0.05) is 23.4 Å². The summed E-state index contributed by atoms with van der Waals surface area (Å²) in [7, 11) is 3.41. The summed E-state index contributed by atoms with van der Waals surface area (Å²) in [6.45, 7) is 3.08. The van der Waals surface area contributed by atoms with Crippen LogP contribution >= 0.6 is 11.8 Å². The van der Waals surface area contributed by atoms with Gasteiger partial charge in [0.05, 0.1) is 14.2 Å². The molecule has 4 heteroatoms. The molecule has 0 aromatic heterocycles. The molecule has 0 radical (unpaired) electrons. The van der Waals surface area contributed by atoms with Crippen LogP contribution in [-0.2, 0) is 6.54 Å². The molecular weight excluding hydrogens is 270 g/mol. The van der Waals surface area contributed by atoms with Crippen molar-refractivity contribution >= 4 is 11.8 Å². The van der Waals surface area contributed by atoms with Crippen LogP contribution in [-0.4, -0.2) is 31.3 Å². The molecule has 1 aromatic rings. The lowest BCUT2D eigenvalue weighted by Gasteiger charge is -2.15. The summed E-state index contributed by atoms with van der Waals surface area (Å²) in [5.74, 6) is 3.03. The standard InChI is InChI=1S/C16H25NO2S/c1-4-20-15-7-5-13(10-15)17-11-12-9-14(18-2)6-8-16(12)19-3/h6,8-9,13,15,17H,4-5,7,10-11H2,1-3H3. The van der Waals surface area contributed by atoms with Crippen molar-refractivity contribution in [1.29, 1.82) is 0 Å². The van der Waals surface area contributed by atoms with Crippen molar-refractivity contribution in [2.75, 3.05) is 20.0 Å². The predicted molar refractivity (Wildman–Crippen MR) is 85.9 cm³/mol. The average molecular weight is 295 g/mol. The SMILES string of the molecule is CCSC1CCC(NCc2cc(OC)ccc2OC)C1. The van der Waals surface area contributed by atoms with Crippen LogP contribution in [0.5, 0.6) is 11.5 Å². The third kappa shape index (κ3) is 4.06. The van der Waals surface area contributed by atoms with Gasteiger partial charge >= 0.3 is 0 Å². The summed E-state index contributed by atoms with van der Waals surface area (Å²) >= 11 is 2.09. The quantitative estimate of drug-likeness (QED) is 0.834. The van der Waals surface area contributed by atoms with Crippen molar-refractivity contribution in [1.82, 2.24) is 5.32 Å².